The van der Waals surface area contributed by atoms with Crippen LogP contribution in [0, 0.1) is 6.92 Å². The second-order valence-corrected chi connectivity index (χ2v) is 20.9. The topological polar surface area (TPSA) is 205 Å². The molecule has 0 radical (unpaired) electrons. The van der Waals surface area contributed by atoms with Crippen molar-refractivity contribution < 1.29 is 43.2 Å². The van der Waals surface area contributed by atoms with Crippen LogP contribution < -0.4 is 11.1 Å². The number of primary amides is 1. The largest absolute Gasteiger partial charge is 0.366 e. The summed E-state index contributed by atoms with van der Waals surface area (Å²) in [5, 5.41) is 6.41. The number of hydrogen-bond acceptors (Lipinski definition) is 9. The van der Waals surface area contributed by atoms with Crippen LogP contribution in [-0.4, -0.2) is 103 Å². The van der Waals surface area contributed by atoms with Crippen LogP contribution in [0.4, 0.5) is 0 Å². The molecular weight excluding hydrogens is 1020 g/mol. The Labute approximate surface area is 474 Å². The minimum Gasteiger partial charge on any atom is -0.366 e. The van der Waals surface area contributed by atoms with Gasteiger partial charge in [0.15, 0.2) is 0 Å². The molecule has 0 aliphatic carbocycles. The number of imide groups is 3. The van der Waals surface area contributed by atoms with E-state index in [0.29, 0.717) is 45.0 Å². The molecule has 420 valence electrons. The molecule has 9 amide bonds. The lowest BCUT2D eigenvalue weighted by Crippen LogP contribution is -2.44. The van der Waals surface area contributed by atoms with Crippen molar-refractivity contribution in [1.82, 2.24) is 24.9 Å². The van der Waals surface area contributed by atoms with Gasteiger partial charge in [0.05, 0.1) is 33.4 Å². The van der Waals surface area contributed by atoms with Gasteiger partial charge in [0.1, 0.15) is 0 Å². The fourth-order valence-corrected chi connectivity index (χ4v) is 9.71. The van der Waals surface area contributed by atoms with Crippen molar-refractivity contribution in [3.05, 3.63) is 201 Å². The Hall–Kier alpha value is -9.11. The van der Waals surface area contributed by atoms with Crippen LogP contribution in [-0.2, 0) is 6.54 Å². The minimum absolute atomic E-state index is 0.0263. The van der Waals surface area contributed by atoms with Gasteiger partial charge in [0.2, 0.25) is 5.91 Å². The molecule has 4 aliphatic rings. The van der Waals surface area contributed by atoms with Gasteiger partial charge < -0.3 is 16.0 Å². The zero-order valence-electron chi connectivity index (χ0n) is 48.4. The summed E-state index contributed by atoms with van der Waals surface area (Å²) in [6.45, 7) is 25.6. The molecule has 0 aromatic heterocycles. The molecule has 7 aromatic carbocycles. The first-order valence-electron chi connectivity index (χ1n) is 27.3. The first kappa shape index (κ1) is 61.1. The molecule has 0 saturated heterocycles. The molecule has 0 unspecified atom stereocenters. The van der Waals surface area contributed by atoms with E-state index in [0.717, 1.165) is 44.8 Å². The lowest BCUT2D eigenvalue weighted by molar-refractivity contribution is 0.0555. The molecule has 0 fully saturated rings. The second kappa shape index (κ2) is 26.2. The first-order chi connectivity index (χ1) is 38.4. The van der Waals surface area contributed by atoms with Crippen LogP contribution >= 0.6 is 0 Å². The van der Waals surface area contributed by atoms with Crippen molar-refractivity contribution in [2.75, 3.05) is 0 Å². The first-order valence-corrected chi connectivity index (χ1v) is 27.3. The summed E-state index contributed by atoms with van der Waals surface area (Å²) in [5.74, 6) is -1.81. The highest BCUT2D eigenvalue weighted by Crippen LogP contribution is 2.32. The highest BCUT2D eigenvalue weighted by atomic mass is 16.2. The van der Waals surface area contributed by atoms with Crippen molar-refractivity contribution in [1.29, 1.82) is 0 Å². The lowest BCUT2D eigenvalue weighted by atomic mass is 9.93. The van der Waals surface area contributed by atoms with Gasteiger partial charge in [-0.3, -0.25) is 57.9 Å². The van der Waals surface area contributed by atoms with Crippen LogP contribution in [0.5, 0.6) is 0 Å². The molecule has 0 atom stereocenters. The number of benzene rings is 7. The Kier molecular flexibility index (Phi) is 19.8. The second-order valence-electron chi connectivity index (χ2n) is 20.9. The number of aryl methyl sites for hydroxylation is 1. The summed E-state index contributed by atoms with van der Waals surface area (Å²) < 4.78 is 0. The van der Waals surface area contributed by atoms with E-state index in [-0.39, 0.29) is 77.0 Å². The number of rotatable bonds is 7. The van der Waals surface area contributed by atoms with E-state index in [1.165, 1.54) is 20.8 Å². The average Bonchev–Trinajstić information content (AvgIpc) is 4.15. The Bertz CT molecular complexity index is 3490. The monoisotopic (exact) mass is 1090 g/mol. The van der Waals surface area contributed by atoms with Gasteiger partial charge in [-0.05, 0) is 152 Å². The summed E-state index contributed by atoms with van der Waals surface area (Å²) in [6, 6.07) is 42.2. The Morgan fingerprint density at radius 2 is 0.815 bits per heavy atom. The fraction of sp³-hybridized carbons (Fsp3) is 0.288. The van der Waals surface area contributed by atoms with Gasteiger partial charge in [0, 0.05) is 58.8 Å². The van der Waals surface area contributed by atoms with Gasteiger partial charge in [-0.25, -0.2) is 0 Å². The summed E-state index contributed by atoms with van der Waals surface area (Å²) in [4.78, 5) is 113. The quantitative estimate of drug-likeness (QED) is 0.145. The van der Waals surface area contributed by atoms with E-state index in [1.807, 2.05) is 186 Å². The standard InChI is InChI=1S/2C15H13NO2.C12H13NO2.C11H14N2O2.C11H13NO.C2H6/c1-9(2)16-14(17)11-7-3-5-10-6-4-8-12(13(10)11)15(16)18;1-9(2)16-14(17)12-7-10-5-3-4-6-11(10)8-13(12)15(16)18;1-7(2)13-11(14)9-5-4-8(3)6-10(9)12(13)15;1-7(2)13-11(15)9-6-4-3-5-8(9)10(12)14;1-8(2)12-7-9-5-3-4-6-10(9)11(12)13;1-2/h2*3-9H,1-2H3;4-7H,1-3H3;3-7H,1-2H3,(H2,12,14)(H,13,15);3-6,8H,7H2,1-2H3;1-2H3. The molecule has 4 heterocycles. The molecule has 0 saturated carbocycles. The van der Waals surface area contributed by atoms with Crippen molar-refractivity contribution >= 4 is 74.7 Å². The van der Waals surface area contributed by atoms with E-state index < -0.39 is 5.91 Å². The maximum absolute atomic E-state index is 12.4. The number of nitrogens with two attached hydrogens (primary N) is 1. The average molecular weight is 1090 g/mol. The number of nitrogens with one attached hydrogen (secondary N) is 1. The van der Waals surface area contributed by atoms with E-state index >= 15 is 0 Å². The zero-order valence-corrected chi connectivity index (χ0v) is 48.4. The molecule has 15 nitrogen and oxygen atoms in total. The number of carbonyl (C=O) groups excluding carboxylic acids is 9. The Morgan fingerprint density at radius 1 is 0.420 bits per heavy atom. The highest BCUT2D eigenvalue weighted by molar-refractivity contribution is 6.26. The normalized spacial score (nSPS) is 13.7. The highest BCUT2D eigenvalue weighted by Gasteiger charge is 2.39. The molecule has 3 N–H and O–H groups in total. The number of carbonyl (C=O) groups is 9. The fourth-order valence-electron chi connectivity index (χ4n) is 9.71. The van der Waals surface area contributed by atoms with Gasteiger partial charge in [-0.1, -0.05) is 104 Å². The maximum Gasteiger partial charge on any atom is 0.261 e. The van der Waals surface area contributed by atoms with Gasteiger partial charge in [-0.15, -0.1) is 0 Å². The van der Waals surface area contributed by atoms with Crippen molar-refractivity contribution in [3.8, 4) is 0 Å². The summed E-state index contributed by atoms with van der Waals surface area (Å²) in [7, 11) is 0. The molecule has 15 heteroatoms. The predicted octanol–water partition coefficient (Wildman–Crippen LogP) is 11.7. The van der Waals surface area contributed by atoms with Gasteiger partial charge in [0.25, 0.3) is 47.3 Å². The van der Waals surface area contributed by atoms with Crippen molar-refractivity contribution in [3.63, 3.8) is 0 Å². The van der Waals surface area contributed by atoms with Crippen LogP contribution in [0.2, 0.25) is 0 Å². The van der Waals surface area contributed by atoms with E-state index in [9.17, 15) is 43.2 Å². The molecule has 11 rings (SSSR count). The molecule has 0 spiro atoms. The molecule has 4 aliphatic heterocycles. The smallest absolute Gasteiger partial charge is 0.261 e. The molecule has 7 aromatic rings. The third kappa shape index (κ3) is 13.0. The minimum atomic E-state index is -0.593. The van der Waals surface area contributed by atoms with Crippen LogP contribution in [0.25, 0.3) is 21.5 Å². The van der Waals surface area contributed by atoms with E-state index in [4.69, 9.17) is 5.73 Å². The number of amides is 9. The maximum atomic E-state index is 12.4. The SMILES string of the molecule is CC.CC(C)N1C(=O)c2cc3ccccc3cc2C1=O.CC(C)N1C(=O)c2cccc3cccc(c23)C1=O.CC(C)N1Cc2ccccc2C1=O.CC(C)NC(=O)c1ccccc1C(N)=O.Cc1ccc2c(c1)C(=O)N(C(C)C)C2=O. The Morgan fingerprint density at radius 3 is 1.26 bits per heavy atom. The summed E-state index contributed by atoms with van der Waals surface area (Å²) >= 11 is 0. The van der Waals surface area contributed by atoms with Crippen molar-refractivity contribution in [2.45, 2.75) is 127 Å². The van der Waals surface area contributed by atoms with Crippen LogP contribution in [0.3, 0.4) is 0 Å². The van der Waals surface area contributed by atoms with Gasteiger partial charge >= 0.3 is 0 Å². The number of fused-ring (bicyclic) bond motifs is 4. The number of nitrogens with zero attached hydrogens (tertiary/aromatic N) is 4. The third-order valence-electron chi connectivity index (χ3n) is 13.5. The summed E-state index contributed by atoms with van der Waals surface area (Å²) in [6.07, 6.45) is 0. The van der Waals surface area contributed by atoms with E-state index in [1.54, 1.807) is 42.5 Å². The van der Waals surface area contributed by atoms with E-state index in [2.05, 4.69) is 5.32 Å². The molecule has 81 heavy (non-hydrogen) atoms. The number of hydrogen-bond donors (Lipinski definition) is 2. The lowest BCUT2D eigenvalue weighted by Gasteiger charge is -2.30. The predicted molar refractivity (Wildman–Crippen MR) is 316 cm³/mol. The molecule has 0 bridgehead atoms. The van der Waals surface area contributed by atoms with Crippen molar-refractivity contribution in [2.24, 2.45) is 5.73 Å². The van der Waals surface area contributed by atoms with Gasteiger partial charge in [-0.2, -0.15) is 0 Å². The molecular formula is C66H72N6O9. The zero-order chi connectivity index (χ0) is 59.7. The van der Waals surface area contributed by atoms with Crippen LogP contribution in [0.1, 0.15) is 187 Å². The van der Waals surface area contributed by atoms with Crippen LogP contribution in [0.15, 0.2) is 140 Å². The Balaban J connectivity index is 0.000000163. The third-order valence-corrected chi connectivity index (χ3v) is 13.5. The summed E-state index contributed by atoms with van der Waals surface area (Å²) in [5.41, 5.74) is 12.1.